The zero-order chi connectivity index (χ0) is 13.3. The number of aryl methyl sites for hydroxylation is 1. The maximum absolute atomic E-state index is 11.8. The van der Waals surface area contributed by atoms with Gasteiger partial charge in [-0.3, -0.25) is 9.59 Å². The van der Waals surface area contributed by atoms with Gasteiger partial charge in [-0.15, -0.1) is 11.3 Å². The second-order valence-electron chi connectivity index (χ2n) is 3.80. The number of nitrogens with two attached hydrogens (primary N) is 2. The first-order valence-corrected chi connectivity index (χ1v) is 6.02. The molecule has 0 unspecified atom stereocenters. The van der Waals surface area contributed by atoms with Crippen LogP contribution in [-0.2, 0) is 4.79 Å². The van der Waals surface area contributed by atoms with E-state index in [1.54, 1.807) is 6.20 Å². The molecular weight excluding hydrogens is 252 g/mol. The second kappa shape index (κ2) is 4.61. The Morgan fingerprint density at radius 3 is 2.83 bits per heavy atom. The fraction of sp³-hybridized carbons (Fsp3) is 0.182. The molecule has 94 valence electrons. The first kappa shape index (κ1) is 12.3. The lowest BCUT2D eigenvalue weighted by molar-refractivity contribution is -0.117. The standard InChI is InChI=1S/C11H12N4O2S/c1-5-2-3-14-11-7(5)8(13)9(18-11)10(17)15-4-6(12)16/h2-3H,4,13H2,1H3,(H2,12,16)(H,15,17). The molecule has 0 saturated carbocycles. The number of primary amides is 1. The molecule has 2 amide bonds. The molecule has 2 heterocycles. The molecule has 0 saturated heterocycles. The van der Waals surface area contributed by atoms with Gasteiger partial charge in [0.15, 0.2) is 0 Å². The van der Waals surface area contributed by atoms with Crippen molar-refractivity contribution in [1.29, 1.82) is 0 Å². The highest BCUT2D eigenvalue weighted by molar-refractivity contribution is 7.21. The molecule has 5 N–H and O–H groups in total. The van der Waals surface area contributed by atoms with Crippen LogP contribution in [0.5, 0.6) is 0 Å². The number of amides is 2. The Morgan fingerprint density at radius 2 is 2.22 bits per heavy atom. The number of pyridine rings is 1. The number of nitrogens with zero attached hydrogens (tertiary/aromatic N) is 1. The van der Waals surface area contributed by atoms with Crippen LogP contribution in [0, 0.1) is 6.92 Å². The molecule has 0 aromatic carbocycles. The van der Waals surface area contributed by atoms with Crippen molar-refractivity contribution in [2.75, 3.05) is 12.3 Å². The Bertz CT molecular complexity index is 635. The molecular formula is C11H12N4O2S. The average molecular weight is 264 g/mol. The van der Waals surface area contributed by atoms with Gasteiger partial charge in [-0.25, -0.2) is 4.98 Å². The van der Waals surface area contributed by atoms with E-state index in [1.165, 1.54) is 11.3 Å². The molecule has 0 aliphatic carbocycles. The van der Waals surface area contributed by atoms with E-state index in [2.05, 4.69) is 10.3 Å². The average Bonchev–Trinajstić information content (AvgIpc) is 2.65. The van der Waals surface area contributed by atoms with Gasteiger partial charge in [-0.05, 0) is 18.6 Å². The van der Waals surface area contributed by atoms with Crippen LogP contribution >= 0.6 is 11.3 Å². The quantitative estimate of drug-likeness (QED) is 0.745. The third kappa shape index (κ3) is 2.12. The third-order valence-electron chi connectivity index (χ3n) is 2.47. The number of carbonyl (C=O) groups is 2. The Labute approximate surface area is 107 Å². The summed E-state index contributed by atoms with van der Waals surface area (Å²) < 4.78 is 0. The SMILES string of the molecule is Cc1ccnc2sc(C(=O)NCC(N)=O)c(N)c12. The smallest absolute Gasteiger partial charge is 0.264 e. The van der Waals surface area contributed by atoms with Gasteiger partial charge in [0.05, 0.1) is 12.2 Å². The van der Waals surface area contributed by atoms with Crippen molar-refractivity contribution in [1.82, 2.24) is 10.3 Å². The van der Waals surface area contributed by atoms with Crippen molar-refractivity contribution in [2.24, 2.45) is 5.73 Å². The first-order chi connectivity index (χ1) is 8.50. The van der Waals surface area contributed by atoms with Gasteiger partial charge >= 0.3 is 0 Å². The summed E-state index contributed by atoms with van der Waals surface area (Å²) in [6.07, 6.45) is 1.67. The first-order valence-electron chi connectivity index (χ1n) is 5.20. The van der Waals surface area contributed by atoms with Crippen LogP contribution in [0.1, 0.15) is 15.2 Å². The summed E-state index contributed by atoms with van der Waals surface area (Å²) in [7, 11) is 0. The molecule has 0 fully saturated rings. The summed E-state index contributed by atoms with van der Waals surface area (Å²) in [5, 5.41) is 3.19. The van der Waals surface area contributed by atoms with Crippen molar-refractivity contribution in [3.63, 3.8) is 0 Å². The van der Waals surface area contributed by atoms with Crippen molar-refractivity contribution in [3.8, 4) is 0 Å². The number of nitrogen functional groups attached to an aromatic ring is 1. The summed E-state index contributed by atoms with van der Waals surface area (Å²) in [5.74, 6) is -1.01. The lowest BCUT2D eigenvalue weighted by atomic mass is 10.2. The van der Waals surface area contributed by atoms with Crippen LogP contribution in [-0.4, -0.2) is 23.3 Å². The molecule has 2 rings (SSSR count). The normalized spacial score (nSPS) is 10.5. The van der Waals surface area contributed by atoms with Crippen LogP contribution in [0.15, 0.2) is 12.3 Å². The second-order valence-corrected chi connectivity index (χ2v) is 4.80. The Kier molecular flexibility index (Phi) is 3.15. The number of thiophene rings is 1. The van der Waals surface area contributed by atoms with Crippen molar-refractivity contribution < 1.29 is 9.59 Å². The van der Waals surface area contributed by atoms with Gasteiger partial charge in [0.2, 0.25) is 5.91 Å². The number of nitrogens with one attached hydrogen (secondary N) is 1. The van der Waals surface area contributed by atoms with Gasteiger partial charge in [-0.1, -0.05) is 0 Å². The maximum atomic E-state index is 11.8. The Hall–Kier alpha value is -2.15. The Morgan fingerprint density at radius 1 is 1.50 bits per heavy atom. The Balaban J connectivity index is 2.40. The van der Waals surface area contributed by atoms with E-state index in [0.29, 0.717) is 15.4 Å². The predicted octanol–water partition coefficient (Wildman–Crippen LogP) is 0.402. The molecule has 0 bridgehead atoms. The number of hydrogen-bond acceptors (Lipinski definition) is 5. The number of fused-ring (bicyclic) bond motifs is 1. The van der Waals surface area contributed by atoms with E-state index < -0.39 is 11.8 Å². The third-order valence-corrected chi connectivity index (χ3v) is 3.58. The molecule has 7 heteroatoms. The summed E-state index contributed by atoms with van der Waals surface area (Å²) in [6.45, 7) is 1.69. The molecule has 0 atom stereocenters. The lowest BCUT2D eigenvalue weighted by Crippen LogP contribution is -2.33. The highest BCUT2D eigenvalue weighted by Gasteiger charge is 2.18. The van der Waals surface area contributed by atoms with E-state index >= 15 is 0 Å². The molecule has 2 aromatic heterocycles. The van der Waals surface area contributed by atoms with Crippen LogP contribution in [0.25, 0.3) is 10.2 Å². The summed E-state index contributed by atoms with van der Waals surface area (Å²) in [5.41, 5.74) is 12.3. The van der Waals surface area contributed by atoms with Crippen LogP contribution in [0.2, 0.25) is 0 Å². The van der Waals surface area contributed by atoms with Crippen LogP contribution < -0.4 is 16.8 Å². The van der Waals surface area contributed by atoms with E-state index in [0.717, 1.165) is 10.9 Å². The monoisotopic (exact) mass is 264 g/mol. The van der Waals surface area contributed by atoms with Crippen molar-refractivity contribution in [3.05, 3.63) is 22.7 Å². The zero-order valence-corrected chi connectivity index (χ0v) is 10.5. The molecule has 2 aromatic rings. The van der Waals surface area contributed by atoms with E-state index in [9.17, 15) is 9.59 Å². The largest absolute Gasteiger partial charge is 0.397 e. The van der Waals surface area contributed by atoms with Crippen molar-refractivity contribution >= 4 is 39.1 Å². The molecule has 0 aliphatic heterocycles. The lowest BCUT2D eigenvalue weighted by Gasteiger charge is -2.01. The summed E-state index contributed by atoms with van der Waals surface area (Å²) in [6, 6.07) is 1.83. The zero-order valence-electron chi connectivity index (χ0n) is 9.69. The fourth-order valence-corrected chi connectivity index (χ4v) is 2.68. The highest BCUT2D eigenvalue weighted by Crippen LogP contribution is 2.33. The van der Waals surface area contributed by atoms with Crippen LogP contribution in [0.3, 0.4) is 0 Å². The van der Waals surface area contributed by atoms with Gasteiger partial charge in [0, 0.05) is 11.6 Å². The molecule has 18 heavy (non-hydrogen) atoms. The number of hydrogen-bond donors (Lipinski definition) is 3. The van der Waals surface area contributed by atoms with E-state index in [4.69, 9.17) is 11.5 Å². The minimum Gasteiger partial charge on any atom is -0.397 e. The summed E-state index contributed by atoms with van der Waals surface area (Å²) in [4.78, 5) is 27.7. The predicted molar refractivity (Wildman–Crippen MR) is 70.3 cm³/mol. The molecule has 0 aliphatic rings. The number of aromatic nitrogens is 1. The van der Waals surface area contributed by atoms with Crippen LogP contribution in [0.4, 0.5) is 5.69 Å². The van der Waals surface area contributed by atoms with E-state index in [1.807, 2.05) is 13.0 Å². The topological polar surface area (TPSA) is 111 Å². The summed E-state index contributed by atoms with van der Waals surface area (Å²) >= 11 is 1.20. The maximum Gasteiger partial charge on any atom is 0.264 e. The van der Waals surface area contributed by atoms with Gasteiger partial charge in [0.1, 0.15) is 9.71 Å². The minimum absolute atomic E-state index is 0.209. The van der Waals surface area contributed by atoms with Gasteiger partial charge < -0.3 is 16.8 Å². The molecule has 0 radical (unpaired) electrons. The molecule has 0 spiro atoms. The highest BCUT2D eigenvalue weighted by atomic mass is 32.1. The number of carbonyl (C=O) groups excluding carboxylic acids is 2. The molecule has 6 nitrogen and oxygen atoms in total. The number of rotatable bonds is 3. The number of anilines is 1. The minimum atomic E-state index is -0.600. The van der Waals surface area contributed by atoms with Gasteiger partial charge in [-0.2, -0.15) is 0 Å². The van der Waals surface area contributed by atoms with E-state index in [-0.39, 0.29) is 6.54 Å². The van der Waals surface area contributed by atoms with Crippen molar-refractivity contribution in [2.45, 2.75) is 6.92 Å². The van der Waals surface area contributed by atoms with Gasteiger partial charge in [0.25, 0.3) is 5.91 Å². The fourth-order valence-electron chi connectivity index (χ4n) is 1.62.